The first-order chi connectivity index (χ1) is 6.35. The molecule has 4 nitrogen and oxygen atoms in total. The number of aliphatic hydroxyl groups excluding tert-OH is 1. The zero-order valence-corrected chi connectivity index (χ0v) is 7.72. The topological polar surface area (TPSA) is 71.0 Å². The fourth-order valence-electron chi connectivity index (χ4n) is 0.706. The summed E-state index contributed by atoms with van der Waals surface area (Å²) < 4.78 is 0. The van der Waals surface area contributed by atoms with Crippen molar-refractivity contribution in [1.29, 1.82) is 0 Å². The summed E-state index contributed by atoms with van der Waals surface area (Å²) in [6.07, 6.45) is 0. The lowest BCUT2D eigenvalue weighted by molar-refractivity contribution is 0.318. The lowest BCUT2D eigenvalue weighted by Crippen LogP contribution is -1.80. The van der Waals surface area contributed by atoms with Crippen LogP contribution in [0.15, 0.2) is 40.7 Å². The molecule has 0 spiro atoms. The molecule has 0 heterocycles. The Labute approximate surface area is 78.1 Å². The van der Waals surface area contributed by atoms with E-state index in [2.05, 4.69) is 10.3 Å². The minimum atomic E-state index is 0.250. The van der Waals surface area contributed by atoms with E-state index in [9.17, 15) is 0 Å². The Balaban J connectivity index is 0.000000424. The Morgan fingerprint density at radius 1 is 1.31 bits per heavy atom. The molecular formula is C9H15N3O. The molecule has 1 aromatic rings. The van der Waals surface area contributed by atoms with Crippen molar-refractivity contribution < 1.29 is 5.11 Å². The summed E-state index contributed by atoms with van der Waals surface area (Å²) >= 11 is 0. The van der Waals surface area contributed by atoms with Gasteiger partial charge in [-0.25, -0.2) is 0 Å². The third kappa shape index (κ3) is 6.96. The van der Waals surface area contributed by atoms with E-state index in [1.807, 2.05) is 30.3 Å². The molecule has 0 amide bonds. The van der Waals surface area contributed by atoms with Gasteiger partial charge in [-0.1, -0.05) is 35.6 Å². The number of rotatable bonds is 2. The Kier molecular flexibility index (Phi) is 7.73. The van der Waals surface area contributed by atoms with Gasteiger partial charge in [-0.05, 0) is 12.5 Å². The zero-order chi connectivity index (χ0) is 9.94. The van der Waals surface area contributed by atoms with Crippen molar-refractivity contribution in [3.63, 3.8) is 0 Å². The number of aliphatic hydroxyl groups is 1. The number of benzene rings is 1. The van der Waals surface area contributed by atoms with Crippen LogP contribution in [-0.4, -0.2) is 11.7 Å². The standard InChI is InChI=1S/C7H9N3.C2H6O/c8-10-9-6-7-4-2-1-3-5-7;1-2-3/h1-5H,6H2,(H2,8,9);3H,2H2,1H3. The fourth-order valence-corrected chi connectivity index (χ4v) is 0.706. The van der Waals surface area contributed by atoms with Gasteiger partial charge in [-0.3, -0.25) is 0 Å². The minimum absolute atomic E-state index is 0.250. The van der Waals surface area contributed by atoms with Crippen molar-refractivity contribution in [2.45, 2.75) is 13.5 Å². The highest BCUT2D eigenvalue weighted by Gasteiger charge is 1.84. The van der Waals surface area contributed by atoms with Crippen LogP contribution in [0.1, 0.15) is 12.5 Å². The van der Waals surface area contributed by atoms with E-state index in [1.165, 1.54) is 0 Å². The number of nitrogens with zero attached hydrogens (tertiary/aromatic N) is 2. The molecule has 0 aliphatic rings. The lowest BCUT2D eigenvalue weighted by Gasteiger charge is -1.90. The quantitative estimate of drug-likeness (QED) is 0.412. The van der Waals surface area contributed by atoms with E-state index in [1.54, 1.807) is 6.92 Å². The molecule has 1 rings (SSSR count). The van der Waals surface area contributed by atoms with Gasteiger partial charge in [0, 0.05) is 6.61 Å². The maximum Gasteiger partial charge on any atom is 0.0870 e. The average molecular weight is 181 g/mol. The molecule has 72 valence electrons. The van der Waals surface area contributed by atoms with Crippen molar-refractivity contribution in [2.75, 3.05) is 6.61 Å². The Bertz CT molecular complexity index is 224. The summed E-state index contributed by atoms with van der Waals surface area (Å²) in [5, 5.41) is 14.4. The molecule has 0 saturated carbocycles. The summed E-state index contributed by atoms with van der Waals surface area (Å²) in [5.41, 5.74) is 1.12. The van der Waals surface area contributed by atoms with Gasteiger partial charge < -0.3 is 10.9 Å². The first-order valence-electron chi connectivity index (χ1n) is 4.06. The van der Waals surface area contributed by atoms with Crippen LogP contribution in [0, 0.1) is 0 Å². The second-order valence-electron chi connectivity index (χ2n) is 2.22. The van der Waals surface area contributed by atoms with Crippen LogP contribution in [0.3, 0.4) is 0 Å². The SMILES string of the molecule is CCO.NN=NCc1ccccc1. The third-order valence-electron chi connectivity index (χ3n) is 1.18. The Morgan fingerprint density at radius 2 is 1.85 bits per heavy atom. The summed E-state index contributed by atoms with van der Waals surface area (Å²) in [6, 6.07) is 9.84. The van der Waals surface area contributed by atoms with Crippen molar-refractivity contribution in [1.82, 2.24) is 0 Å². The highest BCUT2D eigenvalue weighted by molar-refractivity contribution is 5.13. The molecule has 1 aromatic carbocycles. The Morgan fingerprint density at radius 3 is 2.31 bits per heavy atom. The molecule has 0 fully saturated rings. The van der Waals surface area contributed by atoms with E-state index >= 15 is 0 Å². The summed E-state index contributed by atoms with van der Waals surface area (Å²) in [6.45, 7) is 2.50. The summed E-state index contributed by atoms with van der Waals surface area (Å²) in [5.74, 6) is 4.83. The highest BCUT2D eigenvalue weighted by Crippen LogP contribution is 1.99. The zero-order valence-electron chi connectivity index (χ0n) is 7.72. The molecule has 0 aliphatic carbocycles. The molecule has 0 saturated heterocycles. The highest BCUT2D eigenvalue weighted by atomic mass is 16.2. The number of hydrogen-bond donors (Lipinski definition) is 2. The molecular weight excluding hydrogens is 166 g/mol. The van der Waals surface area contributed by atoms with Gasteiger partial charge in [0.15, 0.2) is 0 Å². The summed E-state index contributed by atoms with van der Waals surface area (Å²) in [7, 11) is 0. The largest absolute Gasteiger partial charge is 0.397 e. The van der Waals surface area contributed by atoms with E-state index in [4.69, 9.17) is 10.9 Å². The van der Waals surface area contributed by atoms with Crippen LogP contribution in [0.5, 0.6) is 0 Å². The Hall–Kier alpha value is -1.42. The number of hydrogen-bond acceptors (Lipinski definition) is 3. The lowest BCUT2D eigenvalue weighted by atomic mass is 10.2. The fraction of sp³-hybridized carbons (Fsp3) is 0.333. The maximum absolute atomic E-state index is 7.57. The summed E-state index contributed by atoms with van der Waals surface area (Å²) in [4.78, 5) is 0. The molecule has 3 N–H and O–H groups in total. The molecule has 0 bridgehead atoms. The predicted octanol–water partition coefficient (Wildman–Crippen LogP) is 1.51. The van der Waals surface area contributed by atoms with Crippen molar-refractivity contribution in [3.8, 4) is 0 Å². The van der Waals surface area contributed by atoms with Gasteiger partial charge in [-0.2, -0.15) is 5.11 Å². The van der Waals surface area contributed by atoms with Crippen molar-refractivity contribution in [3.05, 3.63) is 35.9 Å². The molecule has 0 radical (unpaired) electrons. The van der Waals surface area contributed by atoms with Crippen LogP contribution in [-0.2, 0) is 6.54 Å². The second-order valence-corrected chi connectivity index (χ2v) is 2.22. The van der Waals surface area contributed by atoms with E-state index in [0.717, 1.165) is 5.56 Å². The van der Waals surface area contributed by atoms with Gasteiger partial charge in [0.25, 0.3) is 0 Å². The van der Waals surface area contributed by atoms with Gasteiger partial charge in [0.2, 0.25) is 0 Å². The minimum Gasteiger partial charge on any atom is -0.397 e. The molecule has 0 aromatic heterocycles. The van der Waals surface area contributed by atoms with Crippen LogP contribution >= 0.6 is 0 Å². The predicted molar refractivity (Wildman–Crippen MR) is 51.9 cm³/mol. The average Bonchev–Trinajstić information content (AvgIpc) is 2.18. The van der Waals surface area contributed by atoms with Crippen LogP contribution in [0.25, 0.3) is 0 Å². The van der Waals surface area contributed by atoms with E-state index in [-0.39, 0.29) is 6.61 Å². The van der Waals surface area contributed by atoms with Gasteiger partial charge >= 0.3 is 0 Å². The maximum atomic E-state index is 7.57. The third-order valence-corrected chi connectivity index (χ3v) is 1.18. The molecule has 13 heavy (non-hydrogen) atoms. The van der Waals surface area contributed by atoms with E-state index < -0.39 is 0 Å². The van der Waals surface area contributed by atoms with Crippen molar-refractivity contribution >= 4 is 0 Å². The monoisotopic (exact) mass is 181 g/mol. The first kappa shape index (κ1) is 11.6. The van der Waals surface area contributed by atoms with Crippen LogP contribution in [0.4, 0.5) is 0 Å². The normalized spacial score (nSPS) is 9.38. The first-order valence-corrected chi connectivity index (χ1v) is 4.06. The van der Waals surface area contributed by atoms with Gasteiger partial charge in [0.05, 0.1) is 6.54 Å². The van der Waals surface area contributed by atoms with Crippen molar-refractivity contribution in [2.24, 2.45) is 16.2 Å². The van der Waals surface area contributed by atoms with E-state index in [0.29, 0.717) is 6.54 Å². The van der Waals surface area contributed by atoms with Gasteiger partial charge in [-0.15, -0.1) is 0 Å². The smallest absolute Gasteiger partial charge is 0.0870 e. The molecule has 0 aliphatic heterocycles. The molecule has 0 atom stereocenters. The van der Waals surface area contributed by atoms with Gasteiger partial charge in [0.1, 0.15) is 0 Å². The van der Waals surface area contributed by atoms with Crippen LogP contribution < -0.4 is 5.84 Å². The second kappa shape index (κ2) is 8.67. The van der Waals surface area contributed by atoms with Crippen LogP contribution in [0.2, 0.25) is 0 Å². The molecule has 4 heteroatoms. The number of nitrogens with two attached hydrogens (primary N) is 1. The molecule has 0 unspecified atom stereocenters.